The summed E-state index contributed by atoms with van der Waals surface area (Å²) in [6.45, 7) is 4.77. The third-order valence-electron chi connectivity index (χ3n) is 4.61. The van der Waals surface area contributed by atoms with E-state index in [0.29, 0.717) is 6.04 Å². The molecule has 0 radical (unpaired) electrons. The lowest BCUT2D eigenvalue weighted by Gasteiger charge is -2.35. The van der Waals surface area contributed by atoms with Gasteiger partial charge < -0.3 is 10.3 Å². The highest BCUT2D eigenvalue weighted by molar-refractivity contribution is 5.83. The van der Waals surface area contributed by atoms with Gasteiger partial charge in [0.25, 0.3) is 0 Å². The SMILES string of the molecule is CC1CCCC(Nc2ccc3[nH]ccc3c2)C1C. The first-order chi connectivity index (χ1) is 8.74. The fourth-order valence-corrected chi connectivity index (χ4v) is 3.14. The maximum atomic E-state index is 3.73. The molecule has 0 amide bonds. The van der Waals surface area contributed by atoms with Crippen molar-refractivity contribution in [2.75, 3.05) is 5.32 Å². The van der Waals surface area contributed by atoms with E-state index in [2.05, 4.69) is 48.4 Å². The van der Waals surface area contributed by atoms with E-state index in [0.717, 1.165) is 11.8 Å². The monoisotopic (exact) mass is 242 g/mol. The lowest BCUT2D eigenvalue weighted by atomic mass is 9.78. The highest BCUT2D eigenvalue weighted by atomic mass is 14.9. The Kier molecular flexibility index (Phi) is 3.02. The van der Waals surface area contributed by atoms with Crippen LogP contribution in [0.1, 0.15) is 33.1 Å². The summed E-state index contributed by atoms with van der Waals surface area (Å²) in [7, 11) is 0. The molecule has 1 heterocycles. The summed E-state index contributed by atoms with van der Waals surface area (Å²) in [6.07, 6.45) is 6.04. The molecule has 2 aromatic rings. The standard InChI is InChI=1S/C16H22N2/c1-11-4-3-5-15(12(11)2)18-14-6-7-16-13(10-14)8-9-17-16/h6-12,15,17-18H,3-5H2,1-2H3. The molecule has 2 heteroatoms. The topological polar surface area (TPSA) is 27.8 Å². The summed E-state index contributed by atoms with van der Waals surface area (Å²) >= 11 is 0. The third kappa shape index (κ3) is 2.12. The molecule has 3 unspecified atom stereocenters. The number of benzene rings is 1. The van der Waals surface area contributed by atoms with Gasteiger partial charge in [-0.15, -0.1) is 0 Å². The van der Waals surface area contributed by atoms with Crippen molar-refractivity contribution >= 4 is 16.6 Å². The van der Waals surface area contributed by atoms with Crippen LogP contribution in [0.25, 0.3) is 10.9 Å². The lowest BCUT2D eigenvalue weighted by molar-refractivity contribution is 0.253. The second kappa shape index (κ2) is 4.68. The molecule has 18 heavy (non-hydrogen) atoms. The van der Waals surface area contributed by atoms with Gasteiger partial charge in [0.15, 0.2) is 0 Å². The minimum atomic E-state index is 0.630. The minimum absolute atomic E-state index is 0.630. The Morgan fingerprint density at radius 1 is 1.17 bits per heavy atom. The molecule has 1 aliphatic carbocycles. The summed E-state index contributed by atoms with van der Waals surface area (Å²) in [4.78, 5) is 3.24. The minimum Gasteiger partial charge on any atom is -0.382 e. The molecule has 2 nitrogen and oxygen atoms in total. The van der Waals surface area contributed by atoms with Gasteiger partial charge in [-0.05, 0) is 42.5 Å². The molecule has 96 valence electrons. The number of H-pyrrole nitrogens is 1. The van der Waals surface area contributed by atoms with Crippen LogP contribution in [0, 0.1) is 11.8 Å². The number of aromatic amines is 1. The van der Waals surface area contributed by atoms with Gasteiger partial charge in [-0.1, -0.05) is 26.7 Å². The van der Waals surface area contributed by atoms with Gasteiger partial charge >= 0.3 is 0 Å². The highest BCUT2D eigenvalue weighted by Gasteiger charge is 2.26. The van der Waals surface area contributed by atoms with Crippen LogP contribution in [0.3, 0.4) is 0 Å². The van der Waals surface area contributed by atoms with Crippen molar-refractivity contribution in [3.05, 3.63) is 30.5 Å². The van der Waals surface area contributed by atoms with E-state index in [4.69, 9.17) is 0 Å². The van der Waals surface area contributed by atoms with Crippen LogP contribution in [0.4, 0.5) is 5.69 Å². The number of hydrogen-bond acceptors (Lipinski definition) is 1. The van der Waals surface area contributed by atoms with Crippen LogP contribution >= 0.6 is 0 Å². The van der Waals surface area contributed by atoms with Crippen molar-refractivity contribution in [3.8, 4) is 0 Å². The van der Waals surface area contributed by atoms with Crippen LogP contribution in [0.2, 0.25) is 0 Å². The van der Waals surface area contributed by atoms with Crippen molar-refractivity contribution < 1.29 is 0 Å². The first kappa shape index (κ1) is 11.6. The molecule has 1 aromatic heterocycles. The van der Waals surface area contributed by atoms with E-state index in [1.165, 1.54) is 35.9 Å². The molecule has 3 rings (SSSR count). The molecule has 1 fully saturated rings. The van der Waals surface area contributed by atoms with E-state index in [1.807, 2.05) is 6.20 Å². The lowest BCUT2D eigenvalue weighted by Crippen LogP contribution is -2.34. The van der Waals surface area contributed by atoms with Crippen LogP contribution in [-0.2, 0) is 0 Å². The molecule has 1 aliphatic rings. The number of anilines is 1. The number of nitrogens with one attached hydrogen (secondary N) is 2. The average molecular weight is 242 g/mol. The Morgan fingerprint density at radius 2 is 2.06 bits per heavy atom. The van der Waals surface area contributed by atoms with Crippen LogP contribution in [0.5, 0.6) is 0 Å². The van der Waals surface area contributed by atoms with Crippen molar-refractivity contribution in [1.29, 1.82) is 0 Å². The molecule has 3 atom stereocenters. The summed E-state index contributed by atoms with van der Waals surface area (Å²) in [5.41, 5.74) is 2.47. The van der Waals surface area contributed by atoms with E-state index in [9.17, 15) is 0 Å². The van der Waals surface area contributed by atoms with Crippen molar-refractivity contribution in [1.82, 2.24) is 4.98 Å². The Morgan fingerprint density at radius 3 is 2.94 bits per heavy atom. The fraction of sp³-hybridized carbons (Fsp3) is 0.500. The first-order valence-electron chi connectivity index (χ1n) is 7.08. The highest BCUT2D eigenvalue weighted by Crippen LogP contribution is 2.32. The second-order valence-corrected chi connectivity index (χ2v) is 5.80. The van der Waals surface area contributed by atoms with Gasteiger partial charge in [-0.3, -0.25) is 0 Å². The maximum Gasteiger partial charge on any atom is 0.0455 e. The number of hydrogen-bond donors (Lipinski definition) is 2. The molecule has 0 spiro atoms. The third-order valence-corrected chi connectivity index (χ3v) is 4.61. The molecule has 0 bridgehead atoms. The van der Waals surface area contributed by atoms with E-state index < -0.39 is 0 Å². The Balaban J connectivity index is 1.78. The summed E-state index contributed by atoms with van der Waals surface area (Å²) < 4.78 is 0. The molecule has 1 saturated carbocycles. The summed E-state index contributed by atoms with van der Waals surface area (Å²) in [5, 5.41) is 5.02. The van der Waals surface area contributed by atoms with Gasteiger partial charge in [0.2, 0.25) is 0 Å². The summed E-state index contributed by atoms with van der Waals surface area (Å²) in [5.74, 6) is 1.60. The van der Waals surface area contributed by atoms with Crippen molar-refractivity contribution in [3.63, 3.8) is 0 Å². The molecule has 1 aromatic carbocycles. The Bertz CT molecular complexity index is 529. The Hall–Kier alpha value is -1.44. The smallest absolute Gasteiger partial charge is 0.0455 e. The Labute approximate surface area is 109 Å². The van der Waals surface area contributed by atoms with Crippen molar-refractivity contribution in [2.24, 2.45) is 11.8 Å². The van der Waals surface area contributed by atoms with Gasteiger partial charge in [-0.25, -0.2) is 0 Å². The molecular formula is C16H22N2. The quantitative estimate of drug-likeness (QED) is 0.802. The average Bonchev–Trinajstić information content (AvgIpc) is 2.82. The normalized spacial score (nSPS) is 28.4. The van der Waals surface area contributed by atoms with Crippen LogP contribution in [-0.4, -0.2) is 11.0 Å². The van der Waals surface area contributed by atoms with Gasteiger partial charge in [-0.2, -0.15) is 0 Å². The number of fused-ring (bicyclic) bond motifs is 1. The second-order valence-electron chi connectivity index (χ2n) is 5.80. The maximum absolute atomic E-state index is 3.73. The molecule has 2 N–H and O–H groups in total. The number of aromatic nitrogens is 1. The van der Waals surface area contributed by atoms with Crippen LogP contribution < -0.4 is 5.32 Å². The van der Waals surface area contributed by atoms with E-state index in [-0.39, 0.29) is 0 Å². The van der Waals surface area contributed by atoms with Gasteiger partial charge in [0.05, 0.1) is 0 Å². The van der Waals surface area contributed by atoms with Gasteiger partial charge in [0.1, 0.15) is 0 Å². The zero-order valence-electron chi connectivity index (χ0n) is 11.2. The summed E-state index contributed by atoms with van der Waals surface area (Å²) in [6, 6.07) is 9.36. The predicted octanol–water partition coefficient (Wildman–Crippen LogP) is 4.40. The predicted molar refractivity (Wildman–Crippen MR) is 77.9 cm³/mol. The van der Waals surface area contributed by atoms with E-state index >= 15 is 0 Å². The van der Waals surface area contributed by atoms with Gasteiger partial charge in [0, 0.05) is 28.8 Å². The zero-order valence-corrected chi connectivity index (χ0v) is 11.2. The first-order valence-corrected chi connectivity index (χ1v) is 7.08. The molecular weight excluding hydrogens is 220 g/mol. The largest absolute Gasteiger partial charge is 0.382 e. The van der Waals surface area contributed by atoms with Crippen molar-refractivity contribution in [2.45, 2.75) is 39.2 Å². The van der Waals surface area contributed by atoms with Crippen LogP contribution in [0.15, 0.2) is 30.5 Å². The zero-order chi connectivity index (χ0) is 12.5. The molecule has 0 saturated heterocycles. The van der Waals surface area contributed by atoms with E-state index in [1.54, 1.807) is 0 Å². The molecule has 0 aliphatic heterocycles. The number of rotatable bonds is 2. The fourth-order valence-electron chi connectivity index (χ4n) is 3.14.